The van der Waals surface area contributed by atoms with E-state index in [2.05, 4.69) is 15.0 Å². The lowest BCUT2D eigenvalue weighted by Gasteiger charge is -2.16. The highest BCUT2D eigenvalue weighted by atomic mass is 32.2. The Kier molecular flexibility index (Phi) is 3.82. The molecule has 0 aliphatic heterocycles. The number of aromatic nitrogens is 3. The van der Waals surface area contributed by atoms with Crippen LogP contribution in [0.25, 0.3) is 33.5 Å². The molecule has 2 heterocycles. The maximum atomic E-state index is 12.2. The van der Waals surface area contributed by atoms with E-state index in [1.807, 2.05) is 49.4 Å². The average Bonchev–Trinajstić information content (AvgIpc) is 3.08. The number of pyridine rings is 1. The molecule has 0 spiro atoms. The van der Waals surface area contributed by atoms with Gasteiger partial charge in [0.2, 0.25) is 10.0 Å². The van der Waals surface area contributed by atoms with Crippen molar-refractivity contribution in [2.45, 2.75) is 11.8 Å². The molecule has 130 valence electrons. The van der Waals surface area contributed by atoms with E-state index in [1.54, 1.807) is 18.5 Å². The number of rotatable bonds is 3. The molecular weight excluding hydrogens is 348 g/mol. The van der Waals surface area contributed by atoms with Crippen LogP contribution in [0.2, 0.25) is 0 Å². The van der Waals surface area contributed by atoms with Gasteiger partial charge in [-0.05, 0) is 36.2 Å². The second kappa shape index (κ2) is 6.05. The third-order valence-corrected chi connectivity index (χ3v) is 5.24. The van der Waals surface area contributed by atoms with Crippen LogP contribution in [0.5, 0.6) is 0 Å². The molecule has 0 atom stereocenters. The third kappa shape index (κ3) is 2.77. The Hall–Kier alpha value is -3.03. The summed E-state index contributed by atoms with van der Waals surface area (Å²) in [6.07, 6.45) is 1.58. The first-order chi connectivity index (χ1) is 12.4. The van der Waals surface area contributed by atoms with Crippen molar-refractivity contribution in [3.8, 4) is 22.4 Å². The molecule has 0 saturated carbocycles. The normalized spacial score (nSPS) is 11.8. The quantitative estimate of drug-likeness (QED) is 0.582. The molecule has 0 aliphatic rings. The minimum absolute atomic E-state index is 0.0771. The lowest BCUT2D eigenvalue weighted by atomic mass is 9.93. The fraction of sp³-hybridized carbons (Fsp3) is 0.0526. The molecule has 7 heteroatoms. The number of hydrogen-bond acceptors (Lipinski definition) is 4. The minimum atomic E-state index is -3.91. The van der Waals surface area contributed by atoms with Crippen LogP contribution in [0.3, 0.4) is 0 Å². The first-order valence-electron chi connectivity index (χ1n) is 7.97. The predicted octanol–water partition coefficient (Wildman–Crippen LogP) is 3.25. The first kappa shape index (κ1) is 16.4. The number of fused-ring (bicyclic) bond motifs is 1. The molecule has 0 amide bonds. The fourth-order valence-corrected chi connectivity index (χ4v) is 3.87. The molecule has 6 nitrogen and oxygen atoms in total. The summed E-state index contributed by atoms with van der Waals surface area (Å²) in [5.41, 5.74) is 4.98. The number of nitrogens with two attached hydrogens (primary N) is 1. The highest BCUT2D eigenvalue weighted by Gasteiger charge is 2.22. The van der Waals surface area contributed by atoms with Crippen molar-refractivity contribution in [2.24, 2.45) is 5.14 Å². The van der Waals surface area contributed by atoms with Crippen molar-refractivity contribution in [2.75, 3.05) is 0 Å². The number of primary sulfonamides is 1. The fourth-order valence-electron chi connectivity index (χ4n) is 3.11. The number of aryl methyl sites for hydroxylation is 1. The molecule has 3 N–H and O–H groups in total. The highest BCUT2D eigenvalue weighted by Crippen LogP contribution is 2.38. The van der Waals surface area contributed by atoms with Gasteiger partial charge in [0.1, 0.15) is 0 Å². The maximum absolute atomic E-state index is 12.2. The topological polar surface area (TPSA) is 102 Å². The second-order valence-electron chi connectivity index (χ2n) is 6.01. The number of aromatic amines is 1. The van der Waals surface area contributed by atoms with Gasteiger partial charge in [-0.2, -0.15) is 0 Å². The molecular formula is C19H16N4O2S. The van der Waals surface area contributed by atoms with Gasteiger partial charge in [-0.25, -0.2) is 23.5 Å². The van der Waals surface area contributed by atoms with Crippen molar-refractivity contribution in [3.05, 3.63) is 66.5 Å². The monoisotopic (exact) mass is 364 g/mol. The van der Waals surface area contributed by atoms with Gasteiger partial charge in [-0.1, -0.05) is 36.4 Å². The van der Waals surface area contributed by atoms with Crippen LogP contribution in [0, 0.1) is 6.92 Å². The van der Waals surface area contributed by atoms with E-state index in [9.17, 15) is 8.42 Å². The van der Waals surface area contributed by atoms with Crippen LogP contribution in [-0.4, -0.2) is 23.4 Å². The van der Waals surface area contributed by atoms with Crippen LogP contribution < -0.4 is 5.14 Å². The van der Waals surface area contributed by atoms with Gasteiger partial charge in [0.15, 0.2) is 5.65 Å². The molecule has 26 heavy (non-hydrogen) atoms. The number of sulfonamides is 1. The number of benzene rings is 2. The van der Waals surface area contributed by atoms with Gasteiger partial charge in [0.25, 0.3) is 0 Å². The summed E-state index contributed by atoms with van der Waals surface area (Å²) in [5.74, 6) is 0. The van der Waals surface area contributed by atoms with Crippen LogP contribution in [0.1, 0.15) is 5.56 Å². The molecule has 0 aliphatic carbocycles. The molecule has 4 rings (SSSR count). The van der Waals surface area contributed by atoms with Crippen LogP contribution >= 0.6 is 0 Å². The summed E-state index contributed by atoms with van der Waals surface area (Å²) in [5, 5.41) is 5.50. The smallest absolute Gasteiger partial charge is 0.238 e. The van der Waals surface area contributed by atoms with Crippen LogP contribution in [0.4, 0.5) is 0 Å². The lowest BCUT2D eigenvalue weighted by molar-refractivity contribution is 0.598. The number of imidazole rings is 1. The van der Waals surface area contributed by atoms with E-state index in [-0.39, 0.29) is 4.90 Å². The summed E-state index contributed by atoms with van der Waals surface area (Å²) in [6.45, 7) is 1.92. The van der Waals surface area contributed by atoms with E-state index in [0.717, 1.165) is 22.2 Å². The summed E-state index contributed by atoms with van der Waals surface area (Å²) in [4.78, 5) is 11.9. The van der Waals surface area contributed by atoms with Crippen molar-refractivity contribution >= 4 is 21.2 Å². The zero-order valence-electron chi connectivity index (χ0n) is 14.0. The molecule has 0 bridgehead atoms. The molecule has 2 aromatic carbocycles. The Balaban J connectivity index is 2.11. The summed E-state index contributed by atoms with van der Waals surface area (Å²) < 4.78 is 24.5. The van der Waals surface area contributed by atoms with E-state index in [1.165, 1.54) is 0 Å². The van der Waals surface area contributed by atoms with Gasteiger partial charge in [0.05, 0.1) is 22.4 Å². The van der Waals surface area contributed by atoms with Crippen LogP contribution in [-0.2, 0) is 10.0 Å². The zero-order chi connectivity index (χ0) is 18.3. The molecule has 0 unspecified atom stereocenters. The highest BCUT2D eigenvalue weighted by molar-refractivity contribution is 7.89. The Morgan fingerprint density at radius 2 is 1.73 bits per heavy atom. The van der Waals surface area contributed by atoms with Gasteiger partial charge in [0, 0.05) is 11.1 Å². The standard InChI is InChI=1S/C19H16N4O2S/c1-12-7-10-16(26(20,24)25)18(13-5-3-2-4-6-13)17(12)14-8-9-15-19(23-14)22-11-21-15/h2-11H,1H3,(H2,20,24,25)(H,21,22,23). The van der Waals surface area contributed by atoms with Gasteiger partial charge in [-0.3, -0.25) is 0 Å². The summed E-state index contributed by atoms with van der Waals surface area (Å²) >= 11 is 0. The lowest BCUT2D eigenvalue weighted by Crippen LogP contribution is -2.14. The average molecular weight is 364 g/mol. The Bertz CT molecular complexity index is 1220. The van der Waals surface area contributed by atoms with E-state index in [4.69, 9.17) is 5.14 Å². The number of nitrogens with one attached hydrogen (secondary N) is 1. The minimum Gasteiger partial charge on any atom is -0.343 e. The van der Waals surface area contributed by atoms with Gasteiger partial charge >= 0.3 is 0 Å². The molecule has 2 aromatic heterocycles. The molecule has 0 radical (unpaired) electrons. The predicted molar refractivity (Wildman–Crippen MR) is 101 cm³/mol. The second-order valence-corrected chi connectivity index (χ2v) is 7.54. The molecule has 0 fully saturated rings. The Morgan fingerprint density at radius 1 is 0.962 bits per heavy atom. The van der Waals surface area contributed by atoms with Gasteiger partial charge < -0.3 is 4.98 Å². The summed E-state index contributed by atoms with van der Waals surface area (Å²) in [6, 6.07) is 16.3. The van der Waals surface area contributed by atoms with Crippen molar-refractivity contribution in [3.63, 3.8) is 0 Å². The van der Waals surface area contributed by atoms with E-state index in [0.29, 0.717) is 16.9 Å². The molecule has 0 saturated heterocycles. The number of hydrogen-bond donors (Lipinski definition) is 2. The molecule has 4 aromatic rings. The van der Waals surface area contributed by atoms with Crippen molar-refractivity contribution in [1.29, 1.82) is 0 Å². The van der Waals surface area contributed by atoms with E-state index >= 15 is 0 Å². The number of H-pyrrole nitrogens is 1. The maximum Gasteiger partial charge on any atom is 0.238 e. The SMILES string of the molecule is Cc1ccc(S(N)(=O)=O)c(-c2ccccc2)c1-c1ccc2[nH]cnc2n1. The number of nitrogens with zero attached hydrogens (tertiary/aromatic N) is 2. The van der Waals surface area contributed by atoms with E-state index < -0.39 is 10.0 Å². The van der Waals surface area contributed by atoms with Crippen molar-refractivity contribution < 1.29 is 8.42 Å². The largest absolute Gasteiger partial charge is 0.343 e. The van der Waals surface area contributed by atoms with Gasteiger partial charge in [-0.15, -0.1) is 0 Å². The first-order valence-corrected chi connectivity index (χ1v) is 9.52. The third-order valence-electron chi connectivity index (χ3n) is 4.28. The van der Waals surface area contributed by atoms with Crippen LogP contribution in [0.15, 0.2) is 65.8 Å². The zero-order valence-corrected chi connectivity index (χ0v) is 14.8. The van der Waals surface area contributed by atoms with Crippen molar-refractivity contribution in [1.82, 2.24) is 15.0 Å². The Labute approximate surface area is 150 Å². The summed E-state index contributed by atoms with van der Waals surface area (Å²) in [7, 11) is -3.91. The Morgan fingerprint density at radius 3 is 2.46 bits per heavy atom.